The molecule has 0 fully saturated rings. The first kappa shape index (κ1) is 16.6. The molecule has 2 aromatic rings. The minimum absolute atomic E-state index is 0.402. The lowest BCUT2D eigenvalue weighted by atomic mass is 9.96. The van der Waals surface area contributed by atoms with E-state index in [1.165, 1.54) is 11.1 Å². The van der Waals surface area contributed by atoms with E-state index in [1.54, 1.807) is 12.1 Å². The largest absolute Gasteiger partial charge is 0.755 e. The lowest BCUT2D eigenvalue weighted by Gasteiger charge is -2.29. The van der Waals surface area contributed by atoms with Crippen LogP contribution in [0.25, 0.3) is 0 Å². The van der Waals surface area contributed by atoms with Gasteiger partial charge in [-0.2, -0.15) is 0 Å². The van der Waals surface area contributed by atoms with E-state index in [0.717, 1.165) is 31.6 Å². The highest BCUT2D eigenvalue weighted by atomic mass is 32.2. The number of carbonyl (C=O) groups is 1. The lowest BCUT2D eigenvalue weighted by Crippen LogP contribution is -2.30. The molecule has 1 unspecified atom stereocenters. The van der Waals surface area contributed by atoms with Gasteiger partial charge in [0.2, 0.25) is 5.91 Å². The third kappa shape index (κ3) is 4.00. The molecule has 6 nitrogen and oxygen atoms in total. The van der Waals surface area contributed by atoms with Gasteiger partial charge in [0, 0.05) is 42.2 Å². The molecular formula is C17H18N3O3S-. The Morgan fingerprint density at radius 3 is 2.83 bits per heavy atom. The van der Waals surface area contributed by atoms with Gasteiger partial charge in [-0.15, -0.1) is 0 Å². The summed E-state index contributed by atoms with van der Waals surface area (Å²) in [5.74, 6) is -0.402. The van der Waals surface area contributed by atoms with Crippen molar-refractivity contribution in [2.75, 3.05) is 11.3 Å². The summed E-state index contributed by atoms with van der Waals surface area (Å²) in [6.45, 7) is 2.40. The van der Waals surface area contributed by atoms with E-state index in [0.29, 0.717) is 11.3 Å². The summed E-state index contributed by atoms with van der Waals surface area (Å²) < 4.78 is 23.8. The minimum Gasteiger partial charge on any atom is -0.755 e. The molecule has 1 heterocycles. The highest BCUT2D eigenvalue weighted by molar-refractivity contribution is 7.80. The Labute approximate surface area is 143 Å². The number of anilines is 1. The van der Waals surface area contributed by atoms with Crippen molar-refractivity contribution in [1.29, 1.82) is 0 Å². The molecule has 7 heteroatoms. The highest BCUT2D eigenvalue weighted by Gasteiger charge is 2.17. The van der Waals surface area contributed by atoms with E-state index in [1.807, 2.05) is 30.3 Å². The number of nitrogens with zero attached hydrogens (tertiary/aromatic N) is 1. The van der Waals surface area contributed by atoms with Gasteiger partial charge in [-0.1, -0.05) is 18.2 Å². The SMILES string of the molecule is NC(=O)c1ccc2c(c1)CCN(Cc1cccc(NS(=O)[O-])c1)C2. The Kier molecular flexibility index (Phi) is 4.94. The molecule has 0 aromatic heterocycles. The van der Waals surface area contributed by atoms with Crippen molar-refractivity contribution >= 4 is 22.9 Å². The van der Waals surface area contributed by atoms with Crippen LogP contribution in [0.4, 0.5) is 5.69 Å². The van der Waals surface area contributed by atoms with Crippen molar-refractivity contribution in [1.82, 2.24) is 4.90 Å². The maximum atomic E-state index is 11.3. The number of rotatable bonds is 5. The van der Waals surface area contributed by atoms with Gasteiger partial charge in [0.05, 0.1) is 0 Å². The molecule has 126 valence electrons. The van der Waals surface area contributed by atoms with Gasteiger partial charge >= 0.3 is 0 Å². The van der Waals surface area contributed by atoms with Crippen molar-refractivity contribution in [2.24, 2.45) is 5.73 Å². The fourth-order valence-corrected chi connectivity index (χ4v) is 3.31. The van der Waals surface area contributed by atoms with Crippen LogP contribution in [0.2, 0.25) is 0 Å². The monoisotopic (exact) mass is 344 g/mol. The van der Waals surface area contributed by atoms with E-state index in [-0.39, 0.29) is 0 Å². The second kappa shape index (κ2) is 7.12. The van der Waals surface area contributed by atoms with Crippen LogP contribution in [0.3, 0.4) is 0 Å². The third-order valence-corrected chi connectivity index (χ3v) is 4.52. The molecule has 0 saturated carbocycles. The van der Waals surface area contributed by atoms with E-state index in [4.69, 9.17) is 5.73 Å². The first-order chi connectivity index (χ1) is 11.5. The number of hydrogen-bond acceptors (Lipinski definition) is 4. The number of hydrogen-bond donors (Lipinski definition) is 2. The Balaban J connectivity index is 1.70. The maximum absolute atomic E-state index is 11.3. The summed E-state index contributed by atoms with van der Waals surface area (Å²) in [6, 6.07) is 13.0. The predicted molar refractivity (Wildman–Crippen MR) is 91.8 cm³/mol. The number of nitrogens with two attached hydrogens (primary N) is 1. The summed E-state index contributed by atoms with van der Waals surface area (Å²) in [5, 5.41) is 0. The van der Waals surface area contributed by atoms with Gasteiger partial charge in [-0.25, -0.2) is 0 Å². The average Bonchev–Trinajstić information content (AvgIpc) is 2.54. The van der Waals surface area contributed by atoms with Gasteiger partial charge in [-0.3, -0.25) is 13.9 Å². The number of carbonyl (C=O) groups excluding carboxylic acids is 1. The van der Waals surface area contributed by atoms with Crippen molar-refractivity contribution in [2.45, 2.75) is 19.5 Å². The van der Waals surface area contributed by atoms with Crippen molar-refractivity contribution in [3.05, 3.63) is 64.7 Å². The van der Waals surface area contributed by atoms with Crippen molar-refractivity contribution < 1.29 is 13.6 Å². The van der Waals surface area contributed by atoms with Crippen LogP contribution >= 0.6 is 0 Å². The zero-order valence-electron chi connectivity index (χ0n) is 13.0. The second-order valence-corrected chi connectivity index (χ2v) is 6.52. The van der Waals surface area contributed by atoms with E-state index < -0.39 is 17.2 Å². The summed E-state index contributed by atoms with van der Waals surface area (Å²) in [6.07, 6.45) is 0.860. The van der Waals surface area contributed by atoms with Gasteiger partial charge in [-0.05, 0) is 47.4 Å². The molecule has 0 spiro atoms. The lowest BCUT2D eigenvalue weighted by molar-refractivity contribution is 0.1000. The molecule has 0 bridgehead atoms. The summed E-state index contributed by atoms with van der Waals surface area (Å²) >= 11 is -2.32. The van der Waals surface area contributed by atoms with E-state index in [2.05, 4.69) is 9.62 Å². The molecule has 0 aliphatic carbocycles. The normalized spacial score (nSPS) is 15.5. The quantitative estimate of drug-likeness (QED) is 0.804. The Morgan fingerprint density at radius 2 is 2.08 bits per heavy atom. The molecule has 0 saturated heterocycles. The minimum atomic E-state index is -2.32. The van der Waals surface area contributed by atoms with Crippen LogP contribution in [0.5, 0.6) is 0 Å². The molecule has 0 radical (unpaired) electrons. The molecule has 1 atom stereocenters. The zero-order valence-corrected chi connectivity index (χ0v) is 13.8. The fourth-order valence-electron chi connectivity index (χ4n) is 2.99. The van der Waals surface area contributed by atoms with Crippen LogP contribution < -0.4 is 10.5 Å². The van der Waals surface area contributed by atoms with E-state index in [9.17, 15) is 13.6 Å². The number of nitrogens with one attached hydrogen (secondary N) is 1. The molecule has 3 rings (SSSR count). The van der Waals surface area contributed by atoms with Crippen LogP contribution in [0.1, 0.15) is 27.0 Å². The molecule has 1 aliphatic heterocycles. The van der Waals surface area contributed by atoms with Crippen molar-refractivity contribution in [3.8, 4) is 0 Å². The maximum Gasteiger partial charge on any atom is 0.248 e. The molecule has 1 aliphatic rings. The molecular weight excluding hydrogens is 326 g/mol. The standard InChI is InChI=1S/C17H19N3O3S/c18-17(21)14-4-5-15-11-20(7-6-13(15)9-14)10-12-2-1-3-16(8-12)19-24(22)23/h1-5,8-9,19H,6-7,10-11H2,(H2,18,21)(H,22,23)/p-1. The van der Waals surface area contributed by atoms with Crippen LogP contribution in [0, 0.1) is 0 Å². The van der Waals surface area contributed by atoms with Crippen LogP contribution in [0.15, 0.2) is 42.5 Å². The fraction of sp³-hybridized carbons (Fsp3) is 0.235. The number of fused-ring (bicyclic) bond motifs is 1. The van der Waals surface area contributed by atoms with Gasteiger partial charge in [0.25, 0.3) is 0 Å². The molecule has 3 N–H and O–H groups in total. The summed E-state index contributed by atoms with van der Waals surface area (Å²) in [5.41, 5.74) is 9.84. The average molecular weight is 344 g/mol. The van der Waals surface area contributed by atoms with E-state index >= 15 is 0 Å². The molecule has 24 heavy (non-hydrogen) atoms. The summed E-state index contributed by atoms with van der Waals surface area (Å²) in [4.78, 5) is 13.6. The van der Waals surface area contributed by atoms with Gasteiger partial charge < -0.3 is 15.0 Å². The Bertz CT molecular complexity index is 794. The van der Waals surface area contributed by atoms with Gasteiger partial charge in [0.1, 0.15) is 0 Å². The second-order valence-electron chi connectivity index (χ2n) is 5.85. The Morgan fingerprint density at radius 1 is 1.25 bits per heavy atom. The first-order valence-electron chi connectivity index (χ1n) is 7.60. The van der Waals surface area contributed by atoms with Crippen LogP contribution in [-0.2, 0) is 30.8 Å². The molecule has 1 amide bonds. The third-order valence-electron chi connectivity index (χ3n) is 4.12. The predicted octanol–water partition coefficient (Wildman–Crippen LogP) is 1.55. The highest BCUT2D eigenvalue weighted by Crippen LogP contribution is 2.22. The van der Waals surface area contributed by atoms with Crippen molar-refractivity contribution in [3.63, 3.8) is 0 Å². The number of benzene rings is 2. The smallest absolute Gasteiger partial charge is 0.248 e. The van der Waals surface area contributed by atoms with Gasteiger partial charge in [0.15, 0.2) is 0 Å². The number of primary amides is 1. The Hall–Kier alpha value is -2.22. The summed E-state index contributed by atoms with van der Waals surface area (Å²) in [7, 11) is 0. The number of amides is 1. The molecule has 2 aromatic carbocycles. The zero-order chi connectivity index (χ0) is 17.1. The van der Waals surface area contributed by atoms with Crippen LogP contribution in [-0.4, -0.2) is 26.1 Å². The first-order valence-corrected chi connectivity index (χ1v) is 8.67. The topological polar surface area (TPSA) is 98.5 Å².